The molecule has 1 aromatic rings. The number of amides is 1. The molecule has 0 radical (unpaired) electrons. The lowest BCUT2D eigenvalue weighted by Gasteiger charge is -2.21. The van der Waals surface area contributed by atoms with Crippen LogP contribution in [0.4, 0.5) is 0 Å². The molecule has 0 saturated heterocycles. The molecule has 1 heterocycles. The molecule has 5 heteroatoms. The van der Waals surface area contributed by atoms with Gasteiger partial charge in [-0.15, -0.1) is 11.8 Å². The number of aliphatic hydroxyl groups is 1. The predicted octanol–water partition coefficient (Wildman–Crippen LogP) is 1.39. The number of rotatable bonds is 5. The molecule has 19 heavy (non-hydrogen) atoms. The van der Waals surface area contributed by atoms with Gasteiger partial charge >= 0.3 is 0 Å². The highest BCUT2D eigenvalue weighted by Crippen LogP contribution is 2.24. The van der Waals surface area contributed by atoms with Gasteiger partial charge in [0, 0.05) is 24.4 Å². The summed E-state index contributed by atoms with van der Waals surface area (Å²) in [5, 5.41) is 9.88. The van der Waals surface area contributed by atoms with Crippen molar-refractivity contribution in [1.29, 1.82) is 0 Å². The Bertz CT molecular complexity index is 462. The van der Waals surface area contributed by atoms with Gasteiger partial charge in [0.05, 0.1) is 11.7 Å². The van der Waals surface area contributed by atoms with E-state index < -0.39 is 0 Å². The summed E-state index contributed by atoms with van der Waals surface area (Å²) in [6, 6.07) is 9.60. The Morgan fingerprint density at radius 1 is 1.47 bits per heavy atom. The highest BCUT2D eigenvalue weighted by atomic mass is 32.2. The average molecular weight is 278 g/mol. The topological polar surface area (TPSA) is 52.9 Å². The van der Waals surface area contributed by atoms with Gasteiger partial charge in [0.1, 0.15) is 6.04 Å². The van der Waals surface area contributed by atoms with Crippen LogP contribution in [0.25, 0.3) is 0 Å². The fourth-order valence-electron chi connectivity index (χ4n) is 1.99. The number of nitrogens with zero attached hydrogens (tertiary/aromatic N) is 2. The molecule has 4 nitrogen and oxygen atoms in total. The van der Waals surface area contributed by atoms with Crippen LogP contribution >= 0.6 is 11.8 Å². The number of aliphatic hydroxyl groups excluding tert-OH is 1. The molecule has 102 valence electrons. The van der Waals surface area contributed by atoms with Crippen LogP contribution in [0.15, 0.2) is 35.3 Å². The summed E-state index contributed by atoms with van der Waals surface area (Å²) in [4.78, 5) is 18.4. The van der Waals surface area contributed by atoms with E-state index in [1.54, 1.807) is 16.7 Å². The lowest BCUT2D eigenvalue weighted by atomic mass is 10.2. The van der Waals surface area contributed by atoms with E-state index in [9.17, 15) is 4.79 Å². The van der Waals surface area contributed by atoms with Gasteiger partial charge in [-0.1, -0.05) is 30.3 Å². The Labute approximate surface area is 117 Å². The minimum Gasteiger partial charge on any atom is -0.395 e. The van der Waals surface area contributed by atoms with Crippen molar-refractivity contribution in [2.24, 2.45) is 4.99 Å². The summed E-state index contributed by atoms with van der Waals surface area (Å²) in [6.07, 6.45) is 0. The van der Waals surface area contributed by atoms with Crippen LogP contribution in [0, 0.1) is 0 Å². The Morgan fingerprint density at radius 3 is 2.84 bits per heavy atom. The average Bonchev–Trinajstić information content (AvgIpc) is 2.95. The van der Waals surface area contributed by atoms with Crippen LogP contribution in [0.2, 0.25) is 0 Å². The van der Waals surface area contributed by atoms with Crippen molar-refractivity contribution >= 4 is 22.7 Å². The smallest absolute Gasteiger partial charge is 0.248 e. The highest BCUT2D eigenvalue weighted by molar-refractivity contribution is 8.14. The number of aliphatic imine (C=N–C) groups is 1. The maximum absolute atomic E-state index is 12.2. The van der Waals surface area contributed by atoms with Gasteiger partial charge in [-0.05, 0) is 6.92 Å². The molecule has 0 bridgehead atoms. The largest absolute Gasteiger partial charge is 0.395 e. The van der Waals surface area contributed by atoms with E-state index in [-0.39, 0.29) is 18.6 Å². The molecule has 1 aromatic carbocycles. The predicted molar refractivity (Wildman–Crippen MR) is 78.6 cm³/mol. The molecule has 1 aliphatic heterocycles. The van der Waals surface area contributed by atoms with E-state index >= 15 is 0 Å². The molecular formula is C14H18N2O2S. The lowest BCUT2D eigenvalue weighted by Crippen LogP contribution is -2.40. The monoisotopic (exact) mass is 278 g/mol. The highest BCUT2D eigenvalue weighted by Gasteiger charge is 2.28. The van der Waals surface area contributed by atoms with Crippen LogP contribution < -0.4 is 0 Å². The molecule has 1 amide bonds. The fourth-order valence-corrected chi connectivity index (χ4v) is 3.03. The maximum Gasteiger partial charge on any atom is 0.248 e. The summed E-state index contributed by atoms with van der Waals surface area (Å²) in [6.45, 7) is 2.90. The van der Waals surface area contributed by atoms with E-state index in [0.29, 0.717) is 18.8 Å². The molecular weight excluding hydrogens is 260 g/mol. The van der Waals surface area contributed by atoms with Crippen molar-refractivity contribution in [3.63, 3.8) is 0 Å². The molecule has 1 N–H and O–H groups in total. The van der Waals surface area contributed by atoms with Gasteiger partial charge in [0.25, 0.3) is 0 Å². The number of thioether (sulfide) groups is 1. The number of benzene rings is 1. The van der Waals surface area contributed by atoms with Crippen molar-refractivity contribution < 1.29 is 9.90 Å². The number of carbonyl (C=O) groups excluding carboxylic acids is 1. The minimum atomic E-state index is -0.313. The standard InChI is InChI=1S/C14H18N2O2S/c1-2-16(8-9-17)14(18)12-10-19-13(15-12)11-6-4-3-5-7-11/h3-7,12,17H,2,8-10H2,1H3. The summed E-state index contributed by atoms with van der Waals surface area (Å²) in [5.74, 6) is 0.695. The van der Waals surface area contributed by atoms with Crippen molar-refractivity contribution in [1.82, 2.24) is 4.90 Å². The van der Waals surface area contributed by atoms with Gasteiger partial charge in [-0.25, -0.2) is 0 Å². The molecule has 1 unspecified atom stereocenters. The molecule has 2 rings (SSSR count). The van der Waals surface area contributed by atoms with E-state index in [4.69, 9.17) is 5.11 Å². The molecule has 1 aliphatic rings. The molecule has 0 aliphatic carbocycles. The third kappa shape index (κ3) is 3.36. The number of likely N-dealkylation sites (N-methyl/N-ethyl adjacent to an activating group) is 1. The first-order chi connectivity index (χ1) is 9.26. The first kappa shape index (κ1) is 14.1. The number of hydrogen-bond acceptors (Lipinski definition) is 4. The van der Waals surface area contributed by atoms with Gasteiger partial charge in [-0.2, -0.15) is 0 Å². The van der Waals surface area contributed by atoms with Crippen LogP contribution in [-0.2, 0) is 4.79 Å². The van der Waals surface area contributed by atoms with Crippen molar-refractivity contribution in [3.05, 3.63) is 35.9 Å². The summed E-state index contributed by atoms with van der Waals surface area (Å²) >= 11 is 1.62. The first-order valence-corrected chi connectivity index (χ1v) is 7.40. The second-order valence-electron chi connectivity index (χ2n) is 4.27. The third-order valence-corrected chi connectivity index (χ3v) is 4.12. The quantitative estimate of drug-likeness (QED) is 0.885. The van der Waals surface area contributed by atoms with E-state index in [0.717, 1.165) is 10.6 Å². The minimum absolute atomic E-state index is 0.00526. The Morgan fingerprint density at radius 2 is 2.21 bits per heavy atom. The van der Waals surface area contributed by atoms with Gasteiger partial charge in [0.15, 0.2) is 0 Å². The summed E-state index contributed by atoms with van der Waals surface area (Å²) in [5.41, 5.74) is 1.06. The molecule has 0 fully saturated rings. The Hall–Kier alpha value is -1.33. The third-order valence-electron chi connectivity index (χ3n) is 3.02. The molecule has 1 atom stereocenters. The van der Waals surface area contributed by atoms with E-state index in [2.05, 4.69) is 4.99 Å². The normalized spacial score (nSPS) is 18.2. The molecule has 0 aromatic heterocycles. The molecule has 0 saturated carbocycles. The summed E-state index contributed by atoms with van der Waals surface area (Å²) in [7, 11) is 0. The van der Waals surface area contributed by atoms with E-state index in [1.165, 1.54) is 0 Å². The number of carbonyl (C=O) groups is 1. The van der Waals surface area contributed by atoms with Gasteiger partial charge in [-0.3, -0.25) is 9.79 Å². The summed E-state index contributed by atoms with van der Waals surface area (Å²) < 4.78 is 0. The van der Waals surface area contributed by atoms with Crippen molar-refractivity contribution in [2.75, 3.05) is 25.4 Å². The number of hydrogen-bond donors (Lipinski definition) is 1. The second-order valence-corrected chi connectivity index (χ2v) is 5.28. The van der Waals surface area contributed by atoms with Crippen LogP contribution in [0.5, 0.6) is 0 Å². The van der Waals surface area contributed by atoms with Gasteiger partial charge < -0.3 is 10.0 Å². The van der Waals surface area contributed by atoms with Crippen LogP contribution in [0.3, 0.4) is 0 Å². The lowest BCUT2D eigenvalue weighted by molar-refractivity contribution is -0.132. The fraction of sp³-hybridized carbons (Fsp3) is 0.429. The van der Waals surface area contributed by atoms with Crippen molar-refractivity contribution in [2.45, 2.75) is 13.0 Å². The van der Waals surface area contributed by atoms with E-state index in [1.807, 2.05) is 37.3 Å². The van der Waals surface area contributed by atoms with Crippen LogP contribution in [0.1, 0.15) is 12.5 Å². The van der Waals surface area contributed by atoms with Crippen LogP contribution in [-0.4, -0.2) is 52.4 Å². The molecule has 0 spiro atoms. The zero-order chi connectivity index (χ0) is 13.7. The SMILES string of the molecule is CCN(CCO)C(=O)C1CSC(c2ccccc2)=N1. The first-order valence-electron chi connectivity index (χ1n) is 6.42. The van der Waals surface area contributed by atoms with Gasteiger partial charge in [0.2, 0.25) is 5.91 Å². The van der Waals surface area contributed by atoms with Crippen molar-refractivity contribution in [3.8, 4) is 0 Å². The Kier molecular flexibility index (Phi) is 4.99. The Balaban J connectivity index is 2.08. The zero-order valence-corrected chi connectivity index (χ0v) is 11.8. The second kappa shape index (κ2) is 6.73. The zero-order valence-electron chi connectivity index (χ0n) is 11.0. The maximum atomic E-state index is 12.2.